The van der Waals surface area contributed by atoms with Crippen molar-refractivity contribution >= 4 is 0 Å². The lowest BCUT2D eigenvalue weighted by Gasteiger charge is -2.13. The highest BCUT2D eigenvalue weighted by molar-refractivity contribution is 5.36. The molecule has 0 saturated carbocycles. The summed E-state index contributed by atoms with van der Waals surface area (Å²) in [4.78, 5) is 0. The lowest BCUT2D eigenvalue weighted by Crippen LogP contribution is -2.22. The molecule has 1 aromatic carbocycles. The van der Waals surface area contributed by atoms with Crippen molar-refractivity contribution in [1.29, 1.82) is 0 Å². The highest BCUT2D eigenvalue weighted by Gasteiger charge is 2.04. The summed E-state index contributed by atoms with van der Waals surface area (Å²) in [6.45, 7) is 13.9. The zero-order valence-electron chi connectivity index (χ0n) is 13.8. The van der Waals surface area contributed by atoms with E-state index < -0.39 is 0 Å². The number of aryl methyl sites for hydroxylation is 1. The van der Waals surface area contributed by atoms with Gasteiger partial charge >= 0.3 is 0 Å². The Balaban J connectivity index is 2.21. The van der Waals surface area contributed by atoms with E-state index in [0.717, 1.165) is 31.4 Å². The van der Waals surface area contributed by atoms with Gasteiger partial charge in [-0.3, -0.25) is 0 Å². The fourth-order valence-electron chi connectivity index (χ4n) is 2.39. The van der Waals surface area contributed by atoms with Crippen LogP contribution in [0.4, 0.5) is 0 Å². The SMILES string of the molecule is Cc1cc(OCCNCCCC(C)C)ccc1C(C)C. The van der Waals surface area contributed by atoms with Crippen molar-refractivity contribution in [3.63, 3.8) is 0 Å². The van der Waals surface area contributed by atoms with Crippen LogP contribution in [-0.2, 0) is 0 Å². The standard InChI is InChI=1S/C18H31NO/c1-14(2)7-6-10-19-11-12-20-17-8-9-18(15(3)4)16(5)13-17/h8-9,13-15,19H,6-7,10-12H2,1-5H3. The predicted molar refractivity (Wildman–Crippen MR) is 87.7 cm³/mol. The molecular formula is C18H31NO. The first-order chi connectivity index (χ1) is 9.50. The molecule has 1 N–H and O–H groups in total. The van der Waals surface area contributed by atoms with Gasteiger partial charge in [-0.15, -0.1) is 0 Å². The second-order valence-electron chi connectivity index (χ2n) is 6.31. The highest BCUT2D eigenvalue weighted by atomic mass is 16.5. The van der Waals surface area contributed by atoms with Gasteiger partial charge in [0.1, 0.15) is 12.4 Å². The molecule has 0 spiro atoms. The summed E-state index contributed by atoms with van der Waals surface area (Å²) < 4.78 is 5.79. The molecule has 0 aromatic heterocycles. The van der Waals surface area contributed by atoms with Crippen molar-refractivity contribution in [3.8, 4) is 5.75 Å². The molecule has 20 heavy (non-hydrogen) atoms. The van der Waals surface area contributed by atoms with Gasteiger partial charge in [0, 0.05) is 6.54 Å². The second kappa shape index (κ2) is 9.02. The summed E-state index contributed by atoms with van der Waals surface area (Å²) >= 11 is 0. The van der Waals surface area contributed by atoms with Gasteiger partial charge in [-0.1, -0.05) is 33.8 Å². The fraction of sp³-hybridized carbons (Fsp3) is 0.667. The molecule has 0 saturated heterocycles. The van der Waals surface area contributed by atoms with Gasteiger partial charge in [0.05, 0.1) is 0 Å². The van der Waals surface area contributed by atoms with E-state index in [9.17, 15) is 0 Å². The van der Waals surface area contributed by atoms with Gasteiger partial charge in [0.25, 0.3) is 0 Å². The van der Waals surface area contributed by atoms with Gasteiger partial charge in [0.15, 0.2) is 0 Å². The molecule has 0 atom stereocenters. The largest absolute Gasteiger partial charge is 0.492 e. The van der Waals surface area contributed by atoms with Crippen molar-refractivity contribution in [3.05, 3.63) is 29.3 Å². The minimum absolute atomic E-state index is 0.576. The summed E-state index contributed by atoms with van der Waals surface area (Å²) in [5.41, 5.74) is 2.73. The zero-order valence-corrected chi connectivity index (χ0v) is 13.8. The van der Waals surface area contributed by atoms with E-state index in [1.165, 1.54) is 24.0 Å². The maximum atomic E-state index is 5.79. The van der Waals surface area contributed by atoms with Crippen LogP contribution in [0.3, 0.4) is 0 Å². The minimum atomic E-state index is 0.576. The Morgan fingerprint density at radius 3 is 2.45 bits per heavy atom. The van der Waals surface area contributed by atoms with Crippen molar-refractivity contribution in [1.82, 2.24) is 5.32 Å². The molecule has 0 fully saturated rings. The van der Waals surface area contributed by atoms with Crippen LogP contribution in [0.2, 0.25) is 0 Å². The van der Waals surface area contributed by atoms with E-state index in [4.69, 9.17) is 4.74 Å². The fourth-order valence-corrected chi connectivity index (χ4v) is 2.39. The van der Waals surface area contributed by atoms with Crippen LogP contribution in [-0.4, -0.2) is 19.7 Å². The van der Waals surface area contributed by atoms with Gasteiger partial charge in [-0.25, -0.2) is 0 Å². The second-order valence-corrected chi connectivity index (χ2v) is 6.31. The third-order valence-corrected chi connectivity index (χ3v) is 3.55. The topological polar surface area (TPSA) is 21.3 Å². The Morgan fingerprint density at radius 1 is 1.10 bits per heavy atom. The molecule has 0 aliphatic carbocycles. The highest BCUT2D eigenvalue weighted by Crippen LogP contribution is 2.23. The smallest absolute Gasteiger partial charge is 0.119 e. The lowest BCUT2D eigenvalue weighted by molar-refractivity contribution is 0.312. The number of nitrogens with one attached hydrogen (secondary N) is 1. The third-order valence-electron chi connectivity index (χ3n) is 3.55. The van der Waals surface area contributed by atoms with Crippen molar-refractivity contribution < 1.29 is 4.74 Å². The molecule has 1 aromatic rings. The molecule has 2 heteroatoms. The molecule has 0 aliphatic heterocycles. The summed E-state index contributed by atoms with van der Waals surface area (Å²) in [7, 11) is 0. The number of rotatable bonds is 9. The van der Waals surface area contributed by atoms with E-state index in [2.05, 4.69) is 58.1 Å². The Hall–Kier alpha value is -1.02. The zero-order chi connectivity index (χ0) is 15.0. The molecule has 114 valence electrons. The van der Waals surface area contributed by atoms with Crippen LogP contribution in [0.15, 0.2) is 18.2 Å². The van der Waals surface area contributed by atoms with E-state index in [-0.39, 0.29) is 0 Å². The Kier molecular flexibility index (Phi) is 7.68. The lowest BCUT2D eigenvalue weighted by atomic mass is 9.98. The van der Waals surface area contributed by atoms with Crippen LogP contribution in [0, 0.1) is 12.8 Å². The van der Waals surface area contributed by atoms with Crippen LogP contribution in [0.25, 0.3) is 0 Å². The molecule has 0 amide bonds. The van der Waals surface area contributed by atoms with Crippen molar-refractivity contribution in [2.75, 3.05) is 19.7 Å². The Labute approximate surface area is 124 Å². The average molecular weight is 277 g/mol. The van der Waals surface area contributed by atoms with Gasteiger partial charge in [-0.2, -0.15) is 0 Å². The van der Waals surface area contributed by atoms with E-state index in [1.807, 2.05) is 0 Å². The first-order valence-electron chi connectivity index (χ1n) is 7.94. The minimum Gasteiger partial charge on any atom is -0.492 e. The van der Waals surface area contributed by atoms with Crippen LogP contribution < -0.4 is 10.1 Å². The van der Waals surface area contributed by atoms with E-state index in [0.29, 0.717) is 5.92 Å². The van der Waals surface area contributed by atoms with Crippen LogP contribution in [0.1, 0.15) is 57.6 Å². The summed E-state index contributed by atoms with van der Waals surface area (Å²) in [5.74, 6) is 2.36. The molecule has 0 bridgehead atoms. The molecule has 2 nitrogen and oxygen atoms in total. The van der Waals surface area contributed by atoms with Gasteiger partial charge in [0.2, 0.25) is 0 Å². The molecular weight excluding hydrogens is 246 g/mol. The van der Waals surface area contributed by atoms with Crippen molar-refractivity contribution in [2.24, 2.45) is 5.92 Å². The van der Waals surface area contributed by atoms with E-state index in [1.54, 1.807) is 0 Å². The maximum absolute atomic E-state index is 5.79. The number of benzene rings is 1. The summed E-state index contributed by atoms with van der Waals surface area (Å²) in [6, 6.07) is 6.42. The molecule has 0 unspecified atom stereocenters. The van der Waals surface area contributed by atoms with E-state index >= 15 is 0 Å². The first kappa shape index (κ1) is 17.0. The predicted octanol–water partition coefficient (Wildman–Crippen LogP) is 4.52. The summed E-state index contributed by atoms with van der Waals surface area (Å²) in [5, 5.41) is 3.43. The third kappa shape index (κ3) is 6.42. The quantitative estimate of drug-likeness (QED) is 0.670. The molecule has 0 radical (unpaired) electrons. The van der Waals surface area contributed by atoms with Crippen LogP contribution in [0.5, 0.6) is 5.75 Å². The molecule has 1 rings (SSSR count). The molecule has 0 heterocycles. The Bertz CT molecular complexity index is 385. The summed E-state index contributed by atoms with van der Waals surface area (Å²) in [6.07, 6.45) is 2.55. The number of ether oxygens (including phenoxy) is 1. The van der Waals surface area contributed by atoms with Crippen LogP contribution >= 0.6 is 0 Å². The first-order valence-corrected chi connectivity index (χ1v) is 7.94. The number of hydrogen-bond donors (Lipinski definition) is 1. The average Bonchev–Trinajstić information content (AvgIpc) is 2.37. The number of hydrogen-bond acceptors (Lipinski definition) is 2. The van der Waals surface area contributed by atoms with Crippen molar-refractivity contribution in [2.45, 2.75) is 53.4 Å². The Morgan fingerprint density at radius 2 is 1.85 bits per heavy atom. The molecule has 0 aliphatic rings. The van der Waals surface area contributed by atoms with Gasteiger partial charge < -0.3 is 10.1 Å². The maximum Gasteiger partial charge on any atom is 0.119 e. The van der Waals surface area contributed by atoms with Gasteiger partial charge in [-0.05, 0) is 61.4 Å². The monoisotopic (exact) mass is 277 g/mol. The normalized spacial score (nSPS) is 11.3.